The summed E-state index contributed by atoms with van der Waals surface area (Å²) in [5, 5.41) is 2.97. The predicted molar refractivity (Wildman–Crippen MR) is 116 cm³/mol. The molecule has 0 spiro atoms. The van der Waals surface area contributed by atoms with Gasteiger partial charge in [0.15, 0.2) is 6.61 Å². The molecule has 7 nitrogen and oxygen atoms in total. The van der Waals surface area contributed by atoms with E-state index in [1.807, 2.05) is 0 Å². The van der Waals surface area contributed by atoms with Crippen LogP contribution >= 0.6 is 11.3 Å². The summed E-state index contributed by atoms with van der Waals surface area (Å²) >= 11 is 1.10. The van der Waals surface area contributed by atoms with Gasteiger partial charge < -0.3 is 10.1 Å². The number of nitrogens with zero attached hydrogens (tertiary/aromatic N) is 1. The van der Waals surface area contributed by atoms with E-state index >= 15 is 0 Å². The van der Waals surface area contributed by atoms with Crippen LogP contribution in [0.2, 0.25) is 0 Å². The Kier molecular flexibility index (Phi) is 8.71. The van der Waals surface area contributed by atoms with Crippen LogP contribution < -0.4 is 5.32 Å². The topological polar surface area (TPSA) is 92.8 Å². The van der Waals surface area contributed by atoms with Gasteiger partial charge in [0.05, 0.1) is 6.42 Å². The van der Waals surface area contributed by atoms with E-state index in [0.29, 0.717) is 18.0 Å². The van der Waals surface area contributed by atoms with Crippen LogP contribution in [0.1, 0.15) is 69.1 Å². The normalized spacial score (nSPS) is 19.6. The third kappa shape index (κ3) is 6.78. The number of hydrogen-bond donors (Lipinski definition) is 1. The molecule has 30 heavy (non-hydrogen) atoms. The Morgan fingerprint density at radius 1 is 1.00 bits per heavy atom. The molecule has 0 bridgehead atoms. The number of amides is 1. The largest absolute Gasteiger partial charge is 0.455 e. The highest BCUT2D eigenvalue weighted by atomic mass is 32.2. The van der Waals surface area contributed by atoms with E-state index in [1.165, 1.54) is 23.6 Å². The van der Waals surface area contributed by atoms with E-state index in [2.05, 4.69) is 5.32 Å². The van der Waals surface area contributed by atoms with Gasteiger partial charge in [0, 0.05) is 24.0 Å². The van der Waals surface area contributed by atoms with Crippen LogP contribution in [0.5, 0.6) is 0 Å². The van der Waals surface area contributed by atoms with Gasteiger partial charge in [0.2, 0.25) is 0 Å². The lowest BCUT2D eigenvalue weighted by atomic mass is 9.97. The molecule has 2 aliphatic rings. The minimum atomic E-state index is -3.49. The maximum atomic E-state index is 12.7. The summed E-state index contributed by atoms with van der Waals surface area (Å²) in [5.74, 6) is -0.792. The quantitative estimate of drug-likeness (QED) is 0.636. The second-order valence-electron chi connectivity index (χ2n) is 8.13. The summed E-state index contributed by atoms with van der Waals surface area (Å²) in [7, 11) is -3.49. The Balaban J connectivity index is 1.44. The SMILES string of the molecule is O=C(COC(=O)Cc1ccc(S(=O)(=O)N2CCCCC2)s1)NC1CCCCCCC1. The standard InChI is InChI=1S/C21H32N2O5S2/c24-19(22-17-9-5-2-1-3-6-10-17)16-28-20(25)15-18-11-12-21(29-18)30(26,27)23-13-7-4-8-14-23/h11-12,17H,1-10,13-16H2,(H,22,24). The van der Waals surface area contributed by atoms with E-state index in [4.69, 9.17) is 4.74 Å². The molecule has 0 radical (unpaired) electrons. The molecule has 9 heteroatoms. The molecule has 1 aromatic rings. The number of nitrogens with one attached hydrogen (secondary N) is 1. The molecule has 0 unspecified atom stereocenters. The zero-order chi connectivity index (χ0) is 21.4. The van der Waals surface area contributed by atoms with Gasteiger partial charge in [-0.05, 0) is 37.8 Å². The number of piperidine rings is 1. The summed E-state index contributed by atoms with van der Waals surface area (Å²) in [4.78, 5) is 24.8. The van der Waals surface area contributed by atoms with Crippen molar-refractivity contribution in [3.05, 3.63) is 17.0 Å². The molecule has 2 heterocycles. The van der Waals surface area contributed by atoms with Gasteiger partial charge in [-0.3, -0.25) is 9.59 Å². The van der Waals surface area contributed by atoms with Crippen molar-refractivity contribution in [1.29, 1.82) is 0 Å². The second kappa shape index (κ2) is 11.2. The van der Waals surface area contributed by atoms with Gasteiger partial charge in [-0.15, -0.1) is 11.3 Å². The number of rotatable bonds is 7. The summed E-state index contributed by atoms with van der Waals surface area (Å²) in [5.41, 5.74) is 0. The van der Waals surface area contributed by atoms with E-state index in [9.17, 15) is 18.0 Å². The van der Waals surface area contributed by atoms with E-state index < -0.39 is 16.0 Å². The van der Waals surface area contributed by atoms with Crippen molar-refractivity contribution >= 4 is 33.2 Å². The number of sulfonamides is 1. The molecule has 1 amide bonds. The molecule has 1 aromatic heterocycles. The Morgan fingerprint density at radius 2 is 1.63 bits per heavy atom. The van der Waals surface area contributed by atoms with E-state index in [-0.39, 0.29) is 29.2 Å². The van der Waals surface area contributed by atoms with Gasteiger partial charge >= 0.3 is 5.97 Å². The van der Waals surface area contributed by atoms with Crippen molar-refractivity contribution < 1.29 is 22.7 Å². The Hall–Kier alpha value is -1.45. The molecule has 1 aliphatic heterocycles. The van der Waals surface area contributed by atoms with E-state index in [0.717, 1.165) is 56.3 Å². The van der Waals surface area contributed by atoms with Crippen molar-refractivity contribution in [3.63, 3.8) is 0 Å². The monoisotopic (exact) mass is 456 g/mol. The van der Waals surface area contributed by atoms with Crippen molar-refractivity contribution in [3.8, 4) is 0 Å². The fourth-order valence-electron chi connectivity index (χ4n) is 4.03. The number of esters is 1. The molecule has 1 saturated carbocycles. The first-order chi connectivity index (χ1) is 14.4. The zero-order valence-corrected chi connectivity index (χ0v) is 19.1. The molecule has 168 valence electrons. The number of hydrogen-bond acceptors (Lipinski definition) is 6. The number of carbonyl (C=O) groups is 2. The zero-order valence-electron chi connectivity index (χ0n) is 17.4. The molecule has 0 atom stereocenters. The minimum Gasteiger partial charge on any atom is -0.455 e. The van der Waals surface area contributed by atoms with Crippen LogP contribution in [0.15, 0.2) is 16.3 Å². The molecule has 3 rings (SSSR count). The van der Waals surface area contributed by atoms with Crippen molar-refractivity contribution in [1.82, 2.24) is 9.62 Å². The summed E-state index contributed by atoms with van der Waals surface area (Å²) in [6, 6.07) is 3.37. The van der Waals surface area contributed by atoms with Gasteiger partial charge in [-0.2, -0.15) is 4.31 Å². The van der Waals surface area contributed by atoms with Crippen LogP contribution in [0.4, 0.5) is 0 Å². The second-order valence-corrected chi connectivity index (χ2v) is 11.5. The van der Waals surface area contributed by atoms with Gasteiger partial charge in [-0.25, -0.2) is 8.42 Å². The maximum Gasteiger partial charge on any atom is 0.311 e. The molecule has 1 saturated heterocycles. The highest BCUT2D eigenvalue weighted by Crippen LogP contribution is 2.27. The summed E-state index contributed by atoms with van der Waals surface area (Å²) in [6.45, 7) is 0.807. The third-order valence-corrected chi connectivity index (χ3v) is 9.15. The molecule has 2 fully saturated rings. The minimum absolute atomic E-state index is 0.0309. The van der Waals surface area contributed by atoms with Crippen LogP contribution in [-0.4, -0.2) is 50.3 Å². The van der Waals surface area contributed by atoms with Crippen LogP contribution in [-0.2, 0) is 30.8 Å². The highest BCUT2D eigenvalue weighted by Gasteiger charge is 2.27. The Morgan fingerprint density at radius 3 is 2.33 bits per heavy atom. The van der Waals surface area contributed by atoms with Gasteiger partial charge in [0.25, 0.3) is 15.9 Å². The fourth-order valence-corrected chi connectivity index (χ4v) is 7.05. The van der Waals surface area contributed by atoms with Crippen molar-refractivity contribution in [2.45, 2.75) is 80.9 Å². The third-order valence-electron chi connectivity index (χ3n) is 5.70. The maximum absolute atomic E-state index is 12.7. The van der Waals surface area contributed by atoms with Crippen LogP contribution in [0.3, 0.4) is 0 Å². The van der Waals surface area contributed by atoms with Crippen molar-refractivity contribution in [2.24, 2.45) is 0 Å². The molecular formula is C21H32N2O5S2. The lowest BCUT2D eigenvalue weighted by molar-refractivity contribution is -0.148. The lowest BCUT2D eigenvalue weighted by Gasteiger charge is -2.25. The first kappa shape index (κ1) is 23.2. The smallest absolute Gasteiger partial charge is 0.311 e. The average molecular weight is 457 g/mol. The van der Waals surface area contributed by atoms with Crippen LogP contribution in [0.25, 0.3) is 0 Å². The molecule has 0 aromatic carbocycles. The molecule has 1 aliphatic carbocycles. The first-order valence-corrected chi connectivity index (χ1v) is 13.2. The van der Waals surface area contributed by atoms with Crippen molar-refractivity contribution in [2.75, 3.05) is 19.7 Å². The van der Waals surface area contributed by atoms with E-state index in [1.54, 1.807) is 12.1 Å². The average Bonchev–Trinajstić information content (AvgIpc) is 3.18. The summed E-state index contributed by atoms with van der Waals surface area (Å²) < 4.78 is 32.3. The Bertz CT molecular complexity index is 807. The number of ether oxygens (including phenoxy) is 1. The highest BCUT2D eigenvalue weighted by molar-refractivity contribution is 7.91. The molecular weight excluding hydrogens is 424 g/mol. The molecule has 1 N–H and O–H groups in total. The first-order valence-electron chi connectivity index (χ1n) is 11.0. The Labute approximate surface area is 183 Å². The predicted octanol–water partition coefficient (Wildman–Crippen LogP) is 3.24. The van der Waals surface area contributed by atoms with Gasteiger partial charge in [-0.1, -0.05) is 38.5 Å². The fraction of sp³-hybridized carbons (Fsp3) is 0.714. The lowest BCUT2D eigenvalue weighted by Crippen LogP contribution is -2.38. The van der Waals surface area contributed by atoms with Gasteiger partial charge in [0.1, 0.15) is 4.21 Å². The number of thiophene rings is 1. The number of carbonyl (C=O) groups excluding carboxylic acids is 2. The van der Waals surface area contributed by atoms with Crippen LogP contribution in [0, 0.1) is 0 Å². The summed E-state index contributed by atoms with van der Waals surface area (Å²) in [6.07, 6.45) is 10.7.